The van der Waals surface area contributed by atoms with Crippen molar-refractivity contribution < 1.29 is 18.7 Å². The zero-order chi connectivity index (χ0) is 21.7. The molecule has 1 aliphatic carbocycles. The lowest BCUT2D eigenvalue weighted by molar-refractivity contribution is -0.119. The van der Waals surface area contributed by atoms with Gasteiger partial charge in [0.1, 0.15) is 19.6 Å². The SMILES string of the molecule is [B]C(O)(CC)C1C=C(C)C(c2cnc3cc(NC(=O)C4CC4(F)F)ncc3c2)=CN1. The van der Waals surface area contributed by atoms with Gasteiger partial charge in [-0.1, -0.05) is 13.0 Å². The van der Waals surface area contributed by atoms with Crippen LogP contribution < -0.4 is 10.6 Å². The van der Waals surface area contributed by atoms with E-state index in [1.54, 1.807) is 24.7 Å². The number of pyridine rings is 2. The monoisotopic (exact) mass is 410 g/mol. The van der Waals surface area contributed by atoms with Crippen molar-refractivity contribution >= 4 is 36.0 Å². The summed E-state index contributed by atoms with van der Waals surface area (Å²) in [5.74, 6) is -4.75. The summed E-state index contributed by atoms with van der Waals surface area (Å²) in [5, 5.41) is 16.6. The fourth-order valence-corrected chi connectivity index (χ4v) is 3.44. The highest BCUT2D eigenvalue weighted by Crippen LogP contribution is 2.49. The van der Waals surface area contributed by atoms with E-state index in [-0.39, 0.29) is 5.82 Å². The van der Waals surface area contributed by atoms with E-state index >= 15 is 0 Å². The van der Waals surface area contributed by atoms with E-state index in [1.807, 2.05) is 26.0 Å². The number of nitrogens with one attached hydrogen (secondary N) is 2. The Bertz CT molecular complexity index is 1080. The molecule has 154 valence electrons. The molecule has 4 rings (SSSR count). The van der Waals surface area contributed by atoms with Gasteiger partial charge in [-0.15, -0.1) is 0 Å². The molecule has 1 amide bonds. The Morgan fingerprint density at radius 3 is 2.77 bits per heavy atom. The second-order valence-electron chi connectivity index (χ2n) is 7.89. The fourth-order valence-electron chi connectivity index (χ4n) is 3.44. The molecule has 6 nitrogen and oxygen atoms in total. The number of rotatable bonds is 5. The summed E-state index contributed by atoms with van der Waals surface area (Å²) in [6, 6.07) is 3.06. The van der Waals surface area contributed by atoms with Crippen molar-refractivity contribution in [1.29, 1.82) is 0 Å². The Morgan fingerprint density at radius 2 is 2.13 bits per heavy atom. The largest absolute Gasteiger partial charge is 0.397 e. The third-order valence-electron chi connectivity index (χ3n) is 5.62. The number of alkyl halides is 2. The quantitative estimate of drug-likeness (QED) is 0.660. The average Bonchev–Trinajstić information content (AvgIpc) is 3.36. The zero-order valence-corrected chi connectivity index (χ0v) is 16.6. The predicted molar refractivity (Wildman–Crippen MR) is 111 cm³/mol. The minimum atomic E-state index is -2.92. The van der Waals surface area contributed by atoms with E-state index < -0.39 is 35.7 Å². The van der Waals surface area contributed by atoms with E-state index in [2.05, 4.69) is 20.6 Å². The zero-order valence-electron chi connectivity index (χ0n) is 16.6. The predicted octanol–water partition coefficient (Wildman–Crippen LogP) is 2.75. The second kappa shape index (κ2) is 7.16. The first-order chi connectivity index (χ1) is 14.1. The van der Waals surface area contributed by atoms with Gasteiger partial charge in [-0.2, -0.15) is 0 Å². The summed E-state index contributed by atoms with van der Waals surface area (Å²) in [4.78, 5) is 20.4. The third-order valence-corrected chi connectivity index (χ3v) is 5.62. The Balaban J connectivity index is 1.53. The number of fused-ring (bicyclic) bond motifs is 1. The van der Waals surface area contributed by atoms with Crippen LogP contribution in [-0.2, 0) is 4.79 Å². The fraction of sp³-hybridized carbons (Fsp3) is 0.381. The first-order valence-electron chi connectivity index (χ1n) is 9.72. The van der Waals surface area contributed by atoms with Gasteiger partial charge in [-0.05, 0) is 25.0 Å². The molecule has 1 aliphatic heterocycles. The molecule has 1 fully saturated rings. The van der Waals surface area contributed by atoms with Crippen molar-refractivity contribution in [2.75, 3.05) is 5.32 Å². The number of halogens is 2. The molecule has 3 unspecified atom stereocenters. The van der Waals surface area contributed by atoms with Crippen molar-refractivity contribution in [3.05, 3.63) is 47.9 Å². The number of aromatic nitrogens is 2. The van der Waals surface area contributed by atoms with Crippen LogP contribution in [0.2, 0.25) is 0 Å². The van der Waals surface area contributed by atoms with E-state index in [0.29, 0.717) is 11.9 Å². The molecule has 3 heterocycles. The summed E-state index contributed by atoms with van der Waals surface area (Å²) >= 11 is 0. The maximum atomic E-state index is 13.0. The van der Waals surface area contributed by atoms with Crippen LogP contribution in [0.3, 0.4) is 0 Å². The maximum Gasteiger partial charge on any atom is 0.260 e. The molecule has 0 bridgehead atoms. The summed E-state index contributed by atoms with van der Waals surface area (Å²) in [6.45, 7) is 3.75. The summed E-state index contributed by atoms with van der Waals surface area (Å²) < 4.78 is 26.1. The lowest BCUT2D eigenvalue weighted by atomic mass is 9.72. The molecule has 3 N–H and O–H groups in total. The number of nitrogens with zero attached hydrogens (tertiary/aromatic N) is 2. The van der Waals surface area contributed by atoms with Crippen LogP contribution in [0.5, 0.6) is 0 Å². The Hall–Kier alpha value is -2.81. The van der Waals surface area contributed by atoms with Crippen LogP contribution in [0, 0.1) is 5.92 Å². The molecular weight excluding hydrogens is 389 g/mol. The lowest BCUT2D eigenvalue weighted by Crippen LogP contribution is -2.49. The highest BCUT2D eigenvalue weighted by Gasteiger charge is 2.61. The van der Waals surface area contributed by atoms with Gasteiger partial charge in [0.2, 0.25) is 5.91 Å². The number of allylic oxidation sites excluding steroid dienone is 2. The van der Waals surface area contributed by atoms with Crippen LogP contribution in [0.15, 0.2) is 42.4 Å². The molecule has 0 saturated heterocycles. The summed E-state index contributed by atoms with van der Waals surface area (Å²) in [7, 11) is 5.92. The van der Waals surface area contributed by atoms with E-state index in [0.717, 1.165) is 22.1 Å². The van der Waals surface area contributed by atoms with Gasteiger partial charge in [0.05, 0.1) is 11.6 Å². The number of carbonyl (C=O) groups is 1. The van der Waals surface area contributed by atoms with Gasteiger partial charge in [0.25, 0.3) is 5.92 Å². The molecule has 2 aromatic rings. The number of carbonyl (C=O) groups excluding carboxylic acids is 1. The maximum absolute atomic E-state index is 13.0. The number of anilines is 1. The van der Waals surface area contributed by atoms with Crippen LogP contribution in [0.4, 0.5) is 14.6 Å². The number of hydrogen-bond donors (Lipinski definition) is 3. The first-order valence-corrected chi connectivity index (χ1v) is 9.72. The standard InChI is InChI=1S/C21H21BF2N4O2/c1-3-20(22,30)17-4-11(2)14(10-26-17)12-5-13-9-27-18(6-16(13)25-8-12)28-19(29)15-7-21(15,23)24/h4-6,8-10,15,17,26,30H,3,7H2,1-2H3,(H,27,28,29). The second-order valence-corrected chi connectivity index (χ2v) is 7.89. The molecule has 0 aromatic carbocycles. The van der Waals surface area contributed by atoms with Crippen molar-refractivity contribution in [2.24, 2.45) is 5.92 Å². The van der Waals surface area contributed by atoms with Crippen LogP contribution in [0.25, 0.3) is 16.5 Å². The molecule has 0 spiro atoms. The Kier molecular flexibility index (Phi) is 4.88. The number of hydrogen-bond acceptors (Lipinski definition) is 5. The molecule has 2 radical (unpaired) electrons. The normalized spacial score (nSPS) is 24.3. The summed E-state index contributed by atoms with van der Waals surface area (Å²) in [5.41, 5.74) is 1.92. The smallest absolute Gasteiger partial charge is 0.260 e. The van der Waals surface area contributed by atoms with Crippen molar-refractivity contribution in [1.82, 2.24) is 15.3 Å². The van der Waals surface area contributed by atoms with Crippen LogP contribution in [0.1, 0.15) is 32.3 Å². The van der Waals surface area contributed by atoms with Crippen LogP contribution in [-0.4, -0.2) is 46.3 Å². The van der Waals surface area contributed by atoms with E-state index in [4.69, 9.17) is 7.85 Å². The van der Waals surface area contributed by atoms with Crippen LogP contribution >= 0.6 is 0 Å². The van der Waals surface area contributed by atoms with Crippen molar-refractivity contribution in [3.8, 4) is 0 Å². The minimum absolute atomic E-state index is 0.190. The van der Waals surface area contributed by atoms with Gasteiger partial charge < -0.3 is 15.7 Å². The molecule has 1 saturated carbocycles. The van der Waals surface area contributed by atoms with Crippen molar-refractivity contribution in [3.63, 3.8) is 0 Å². The van der Waals surface area contributed by atoms with E-state index in [9.17, 15) is 18.7 Å². The number of dihydropyridines is 1. The third kappa shape index (κ3) is 3.81. The van der Waals surface area contributed by atoms with Gasteiger partial charge in [0, 0.05) is 53.1 Å². The number of amides is 1. The lowest BCUT2D eigenvalue weighted by Gasteiger charge is -2.34. The van der Waals surface area contributed by atoms with E-state index in [1.165, 1.54) is 0 Å². The molecular formula is C21H21BF2N4O2. The average molecular weight is 410 g/mol. The van der Waals surface area contributed by atoms with Gasteiger partial charge in [-0.25, -0.2) is 13.8 Å². The Morgan fingerprint density at radius 1 is 1.40 bits per heavy atom. The van der Waals surface area contributed by atoms with Gasteiger partial charge >= 0.3 is 0 Å². The molecule has 2 aliphatic rings. The molecule has 30 heavy (non-hydrogen) atoms. The Labute approximate surface area is 173 Å². The van der Waals surface area contributed by atoms with Crippen molar-refractivity contribution in [2.45, 2.75) is 44.2 Å². The van der Waals surface area contributed by atoms with Gasteiger partial charge in [-0.3, -0.25) is 9.78 Å². The first kappa shape index (κ1) is 20.5. The molecule has 2 aromatic heterocycles. The highest BCUT2D eigenvalue weighted by atomic mass is 19.3. The highest BCUT2D eigenvalue weighted by molar-refractivity contribution is 6.15. The molecule has 9 heteroatoms. The molecule has 3 atom stereocenters. The minimum Gasteiger partial charge on any atom is -0.397 e. The topological polar surface area (TPSA) is 87.1 Å². The number of aliphatic hydroxyl groups is 1. The van der Waals surface area contributed by atoms with Gasteiger partial charge in [0.15, 0.2) is 0 Å². The summed E-state index contributed by atoms with van der Waals surface area (Å²) in [6.07, 6.45) is 6.88.